The van der Waals surface area contributed by atoms with Crippen molar-refractivity contribution >= 4 is 17.5 Å². The minimum Gasteiger partial charge on any atom is -0.497 e. The lowest BCUT2D eigenvalue weighted by Gasteiger charge is -2.14. The van der Waals surface area contributed by atoms with Crippen LogP contribution in [0.3, 0.4) is 0 Å². The second-order valence-corrected chi connectivity index (χ2v) is 4.67. The Labute approximate surface area is 117 Å². The Hall–Kier alpha value is -2.08. The van der Waals surface area contributed by atoms with Gasteiger partial charge in [0.2, 0.25) is 5.91 Å². The van der Waals surface area contributed by atoms with E-state index in [1.165, 1.54) is 7.11 Å². The fraction of sp³-hybridized carbons (Fsp3) is 0.429. The Morgan fingerprint density at radius 1 is 1.40 bits per heavy atom. The molecule has 1 aliphatic rings. The highest BCUT2D eigenvalue weighted by molar-refractivity contribution is 6.04. The fourth-order valence-electron chi connectivity index (χ4n) is 2.20. The molecule has 0 spiro atoms. The second-order valence-electron chi connectivity index (χ2n) is 4.67. The number of carbonyl (C=O) groups excluding carboxylic acids is 2. The molecule has 1 fully saturated rings. The first-order valence-corrected chi connectivity index (χ1v) is 6.57. The SMILES string of the molecule is CNC(=O)c1cc(OC)ccc1NC(=O)C1CCNC1. The molecule has 2 amide bonds. The van der Waals surface area contributed by atoms with Crippen molar-refractivity contribution in [1.29, 1.82) is 0 Å². The average Bonchev–Trinajstić information content (AvgIpc) is 3.01. The van der Waals surface area contributed by atoms with Gasteiger partial charge in [-0.3, -0.25) is 9.59 Å². The molecule has 1 aromatic rings. The third-order valence-corrected chi connectivity index (χ3v) is 3.39. The maximum absolute atomic E-state index is 12.1. The summed E-state index contributed by atoms with van der Waals surface area (Å²) in [7, 11) is 3.08. The Kier molecular flexibility index (Phi) is 4.57. The molecule has 6 nitrogen and oxygen atoms in total. The van der Waals surface area contributed by atoms with Crippen molar-refractivity contribution < 1.29 is 14.3 Å². The molecule has 0 aromatic heterocycles. The molecule has 0 aliphatic carbocycles. The second kappa shape index (κ2) is 6.38. The molecule has 108 valence electrons. The Balaban J connectivity index is 2.21. The molecule has 6 heteroatoms. The van der Waals surface area contributed by atoms with Crippen molar-refractivity contribution in [3.63, 3.8) is 0 Å². The van der Waals surface area contributed by atoms with Gasteiger partial charge in [-0.1, -0.05) is 0 Å². The number of anilines is 1. The normalized spacial score (nSPS) is 17.6. The third kappa shape index (κ3) is 3.08. The molecule has 1 aromatic carbocycles. The standard InChI is InChI=1S/C14H19N3O3/c1-15-14(19)11-7-10(20-2)3-4-12(11)17-13(18)9-5-6-16-8-9/h3-4,7,9,16H,5-6,8H2,1-2H3,(H,15,19)(H,17,18). The zero-order chi connectivity index (χ0) is 14.5. The van der Waals surface area contributed by atoms with Crippen molar-refractivity contribution in [2.45, 2.75) is 6.42 Å². The fourth-order valence-corrected chi connectivity index (χ4v) is 2.20. The van der Waals surface area contributed by atoms with Crippen LogP contribution in [0.25, 0.3) is 0 Å². The van der Waals surface area contributed by atoms with E-state index in [1.807, 2.05) is 0 Å². The van der Waals surface area contributed by atoms with E-state index in [0.29, 0.717) is 23.5 Å². The minimum absolute atomic E-state index is 0.0466. The smallest absolute Gasteiger partial charge is 0.253 e. The van der Waals surface area contributed by atoms with Gasteiger partial charge in [-0.25, -0.2) is 0 Å². The van der Waals surface area contributed by atoms with Gasteiger partial charge in [-0.2, -0.15) is 0 Å². The van der Waals surface area contributed by atoms with Crippen molar-refractivity contribution in [3.05, 3.63) is 23.8 Å². The van der Waals surface area contributed by atoms with Gasteiger partial charge in [-0.15, -0.1) is 0 Å². The first kappa shape index (κ1) is 14.3. The predicted octanol–water partition coefficient (Wildman–Crippen LogP) is 0.603. The summed E-state index contributed by atoms with van der Waals surface area (Å²) in [6.07, 6.45) is 0.817. The van der Waals surface area contributed by atoms with Gasteiger partial charge in [0.25, 0.3) is 5.91 Å². The Bertz CT molecular complexity index is 510. The van der Waals surface area contributed by atoms with Gasteiger partial charge in [-0.05, 0) is 31.2 Å². The van der Waals surface area contributed by atoms with E-state index in [0.717, 1.165) is 13.0 Å². The molecule has 0 bridgehead atoms. The van der Waals surface area contributed by atoms with Crippen LogP contribution in [0.5, 0.6) is 5.75 Å². The summed E-state index contributed by atoms with van der Waals surface area (Å²) in [6.45, 7) is 1.53. The topological polar surface area (TPSA) is 79.5 Å². The molecule has 1 heterocycles. The zero-order valence-corrected chi connectivity index (χ0v) is 11.7. The summed E-state index contributed by atoms with van der Waals surface area (Å²) in [5.41, 5.74) is 0.896. The van der Waals surface area contributed by atoms with Crippen LogP contribution in [0.4, 0.5) is 5.69 Å². The van der Waals surface area contributed by atoms with Gasteiger partial charge in [0.1, 0.15) is 5.75 Å². The number of benzene rings is 1. The number of hydrogen-bond acceptors (Lipinski definition) is 4. The summed E-state index contributed by atoms with van der Waals surface area (Å²) in [5, 5.41) is 8.53. The molecule has 1 aliphatic heterocycles. The lowest BCUT2D eigenvalue weighted by atomic mass is 10.1. The number of amides is 2. The molecule has 20 heavy (non-hydrogen) atoms. The van der Waals surface area contributed by atoms with E-state index in [2.05, 4.69) is 16.0 Å². The summed E-state index contributed by atoms with van der Waals surface area (Å²) >= 11 is 0. The van der Waals surface area contributed by atoms with Crippen LogP contribution >= 0.6 is 0 Å². The van der Waals surface area contributed by atoms with Crippen molar-refractivity contribution in [2.24, 2.45) is 5.92 Å². The van der Waals surface area contributed by atoms with E-state index in [-0.39, 0.29) is 17.7 Å². The van der Waals surface area contributed by atoms with Crippen LogP contribution < -0.4 is 20.7 Å². The molecule has 0 radical (unpaired) electrons. The quantitative estimate of drug-likeness (QED) is 0.753. The first-order chi connectivity index (χ1) is 9.65. The minimum atomic E-state index is -0.260. The lowest BCUT2D eigenvalue weighted by Crippen LogP contribution is -2.27. The highest BCUT2D eigenvalue weighted by Gasteiger charge is 2.23. The van der Waals surface area contributed by atoms with E-state index >= 15 is 0 Å². The number of rotatable bonds is 4. The van der Waals surface area contributed by atoms with Crippen LogP contribution in [-0.2, 0) is 4.79 Å². The third-order valence-electron chi connectivity index (χ3n) is 3.39. The summed E-state index contributed by atoms with van der Waals surface area (Å²) in [5.74, 6) is 0.202. The maximum Gasteiger partial charge on any atom is 0.253 e. The average molecular weight is 277 g/mol. The highest BCUT2D eigenvalue weighted by atomic mass is 16.5. The van der Waals surface area contributed by atoms with Crippen molar-refractivity contribution in [1.82, 2.24) is 10.6 Å². The molecule has 1 atom stereocenters. The Morgan fingerprint density at radius 2 is 2.20 bits per heavy atom. The molecule has 1 unspecified atom stereocenters. The van der Waals surface area contributed by atoms with Crippen LogP contribution in [0.1, 0.15) is 16.8 Å². The first-order valence-electron chi connectivity index (χ1n) is 6.57. The largest absolute Gasteiger partial charge is 0.497 e. The molecule has 2 rings (SSSR count). The summed E-state index contributed by atoms with van der Waals surface area (Å²) in [6, 6.07) is 5.01. The Morgan fingerprint density at radius 3 is 2.80 bits per heavy atom. The van der Waals surface area contributed by atoms with Crippen LogP contribution in [0.2, 0.25) is 0 Å². The zero-order valence-electron chi connectivity index (χ0n) is 11.7. The monoisotopic (exact) mass is 277 g/mol. The molecular formula is C14H19N3O3. The van der Waals surface area contributed by atoms with Crippen molar-refractivity contribution in [2.75, 3.05) is 32.6 Å². The van der Waals surface area contributed by atoms with Gasteiger partial charge in [0.15, 0.2) is 0 Å². The highest BCUT2D eigenvalue weighted by Crippen LogP contribution is 2.23. The van der Waals surface area contributed by atoms with Crippen LogP contribution in [0, 0.1) is 5.92 Å². The number of hydrogen-bond donors (Lipinski definition) is 3. The number of nitrogens with one attached hydrogen (secondary N) is 3. The van der Waals surface area contributed by atoms with E-state index in [4.69, 9.17) is 4.74 Å². The number of methoxy groups -OCH3 is 1. The predicted molar refractivity (Wildman–Crippen MR) is 76.0 cm³/mol. The van der Waals surface area contributed by atoms with E-state index < -0.39 is 0 Å². The van der Waals surface area contributed by atoms with Gasteiger partial charge < -0.3 is 20.7 Å². The summed E-state index contributed by atoms with van der Waals surface area (Å²) in [4.78, 5) is 24.0. The number of carbonyl (C=O) groups is 2. The van der Waals surface area contributed by atoms with Crippen LogP contribution in [-0.4, -0.2) is 39.1 Å². The van der Waals surface area contributed by atoms with Gasteiger partial charge in [0.05, 0.1) is 24.3 Å². The number of ether oxygens (including phenoxy) is 1. The summed E-state index contributed by atoms with van der Waals surface area (Å²) < 4.78 is 5.11. The molecular weight excluding hydrogens is 258 g/mol. The van der Waals surface area contributed by atoms with E-state index in [9.17, 15) is 9.59 Å². The maximum atomic E-state index is 12.1. The van der Waals surface area contributed by atoms with Gasteiger partial charge in [0, 0.05) is 13.6 Å². The molecule has 0 saturated carbocycles. The van der Waals surface area contributed by atoms with Crippen molar-refractivity contribution in [3.8, 4) is 5.75 Å². The van der Waals surface area contributed by atoms with Gasteiger partial charge >= 0.3 is 0 Å². The molecule has 3 N–H and O–H groups in total. The molecule has 1 saturated heterocycles. The van der Waals surface area contributed by atoms with E-state index in [1.54, 1.807) is 25.2 Å². The lowest BCUT2D eigenvalue weighted by molar-refractivity contribution is -0.119. The van der Waals surface area contributed by atoms with Crippen LogP contribution in [0.15, 0.2) is 18.2 Å².